The first kappa shape index (κ1) is 9.57. The van der Waals surface area contributed by atoms with Crippen molar-refractivity contribution in [3.63, 3.8) is 0 Å². The van der Waals surface area contributed by atoms with Crippen molar-refractivity contribution in [3.8, 4) is 0 Å². The Bertz CT molecular complexity index is 279. The molecule has 0 radical (unpaired) electrons. The van der Waals surface area contributed by atoms with Crippen LogP contribution < -0.4 is 0 Å². The molecule has 0 saturated carbocycles. The second-order valence-corrected chi connectivity index (χ2v) is 3.01. The summed E-state index contributed by atoms with van der Waals surface area (Å²) in [6.07, 6.45) is -3.20. The van der Waals surface area contributed by atoms with E-state index in [4.69, 9.17) is 0 Å². The third-order valence-electron chi connectivity index (χ3n) is 1.36. The van der Waals surface area contributed by atoms with Crippen molar-refractivity contribution >= 4 is 15.9 Å². The summed E-state index contributed by atoms with van der Waals surface area (Å²) in [5.41, 5.74) is -0.731. The summed E-state index contributed by atoms with van der Waals surface area (Å²) in [6, 6.07) is 0. The summed E-state index contributed by atoms with van der Waals surface area (Å²) in [7, 11) is 0. The zero-order valence-electron chi connectivity index (χ0n) is 6.19. The van der Waals surface area contributed by atoms with E-state index in [1.807, 2.05) is 0 Å². The van der Waals surface area contributed by atoms with E-state index in [-0.39, 0.29) is 11.0 Å². The van der Waals surface area contributed by atoms with Crippen LogP contribution in [0.1, 0.15) is 12.6 Å². The maximum Gasteiger partial charge on any atom is 0.434 e. The molecule has 68 valence electrons. The van der Waals surface area contributed by atoms with Crippen LogP contribution in [0, 0.1) is 0 Å². The van der Waals surface area contributed by atoms with Gasteiger partial charge in [0.05, 0.1) is 10.7 Å². The summed E-state index contributed by atoms with van der Waals surface area (Å²) < 4.78 is 37.6. The summed E-state index contributed by atoms with van der Waals surface area (Å²) >= 11 is 2.79. The van der Waals surface area contributed by atoms with Crippen molar-refractivity contribution in [2.24, 2.45) is 0 Å². The van der Waals surface area contributed by atoms with Gasteiger partial charge in [-0.25, -0.2) is 0 Å². The Balaban J connectivity index is 3.19. The van der Waals surface area contributed by atoms with Gasteiger partial charge in [0, 0.05) is 6.54 Å². The monoisotopic (exact) mass is 242 g/mol. The molecule has 0 spiro atoms. The van der Waals surface area contributed by atoms with E-state index < -0.39 is 11.9 Å². The highest BCUT2D eigenvalue weighted by atomic mass is 79.9. The van der Waals surface area contributed by atoms with E-state index >= 15 is 0 Å². The predicted molar refractivity (Wildman–Crippen MR) is 40.6 cm³/mol. The van der Waals surface area contributed by atoms with Gasteiger partial charge in [-0.05, 0) is 22.9 Å². The molecule has 0 atom stereocenters. The van der Waals surface area contributed by atoms with Crippen LogP contribution in [-0.4, -0.2) is 9.78 Å². The number of nitrogens with zero attached hydrogens (tertiary/aromatic N) is 2. The van der Waals surface area contributed by atoms with Gasteiger partial charge in [0.1, 0.15) is 0 Å². The first-order valence-corrected chi connectivity index (χ1v) is 4.04. The van der Waals surface area contributed by atoms with Crippen LogP contribution in [0.3, 0.4) is 0 Å². The van der Waals surface area contributed by atoms with E-state index in [2.05, 4.69) is 21.0 Å². The van der Waals surface area contributed by atoms with Crippen LogP contribution in [0.4, 0.5) is 13.2 Å². The van der Waals surface area contributed by atoms with Gasteiger partial charge in [0.2, 0.25) is 0 Å². The Morgan fingerprint density at radius 2 is 2.17 bits per heavy atom. The molecule has 1 heterocycles. The number of aryl methyl sites for hydroxylation is 1. The van der Waals surface area contributed by atoms with Gasteiger partial charge in [-0.15, -0.1) is 0 Å². The molecule has 0 N–H and O–H groups in total. The summed E-state index contributed by atoms with van der Waals surface area (Å²) in [4.78, 5) is 0. The maximum absolute atomic E-state index is 12.2. The molecule has 6 heteroatoms. The highest BCUT2D eigenvalue weighted by Gasteiger charge is 2.37. The molecule has 0 bridgehead atoms. The molecule has 0 fully saturated rings. The minimum absolute atomic E-state index is 0.0168. The van der Waals surface area contributed by atoms with Crippen molar-refractivity contribution in [1.82, 2.24) is 9.78 Å². The lowest BCUT2D eigenvalue weighted by atomic mass is 10.4. The normalized spacial score (nSPS) is 12.1. The van der Waals surface area contributed by atoms with Crippen molar-refractivity contribution in [3.05, 3.63) is 16.4 Å². The average Bonchev–Trinajstić information content (AvgIpc) is 2.29. The lowest BCUT2D eigenvalue weighted by Gasteiger charge is -2.08. The Kier molecular flexibility index (Phi) is 2.46. The highest BCUT2D eigenvalue weighted by Crippen LogP contribution is 2.34. The number of hydrogen-bond donors (Lipinski definition) is 0. The van der Waals surface area contributed by atoms with Crippen LogP contribution >= 0.6 is 15.9 Å². The van der Waals surface area contributed by atoms with Gasteiger partial charge < -0.3 is 0 Å². The molecule has 0 aromatic carbocycles. The van der Waals surface area contributed by atoms with Crippen LogP contribution in [0.5, 0.6) is 0 Å². The van der Waals surface area contributed by atoms with E-state index in [0.29, 0.717) is 0 Å². The zero-order valence-corrected chi connectivity index (χ0v) is 7.78. The minimum atomic E-state index is -4.34. The van der Waals surface area contributed by atoms with Gasteiger partial charge in [0.15, 0.2) is 5.69 Å². The SMILES string of the molecule is CCn1ncc(Br)c1C(F)(F)F. The van der Waals surface area contributed by atoms with Crippen LogP contribution in [0.2, 0.25) is 0 Å². The van der Waals surface area contributed by atoms with Crippen LogP contribution in [0.15, 0.2) is 10.7 Å². The fourth-order valence-electron chi connectivity index (χ4n) is 0.884. The Morgan fingerprint density at radius 1 is 1.58 bits per heavy atom. The highest BCUT2D eigenvalue weighted by molar-refractivity contribution is 9.10. The Morgan fingerprint density at radius 3 is 2.50 bits per heavy atom. The zero-order chi connectivity index (χ0) is 9.35. The molecule has 0 aliphatic heterocycles. The Hall–Kier alpha value is -0.520. The third-order valence-corrected chi connectivity index (χ3v) is 1.94. The second-order valence-electron chi connectivity index (χ2n) is 2.15. The lowest BCUT2D eigenvalue weighted by molar-refractivity contribution is -0.144. The van der Waals surface area contributed by atoms with Gasteiger partial charge in [0.25, 0.3) is 0 Å². The van der Waals surface area contributed by atoms with Gasteiger partial charge in [-0.2, -0.15) is 18.3 Å². The number of halogens is 4. The largest absolute Gasteiger partial charge is 0.434 e. The molecule has 0 aliphatic rings. The average molecular weight is 243 g/mol. The first-order chi connectivity index (χ1) is 5.46. The van der Waals surface area contributed by atoms with Crippen LogP contribution in [-0.2, 0) is 12.7 Å². The quantitative estimate of drug-likeness (QED) is 0.741. The van der Waals surface area contributed by atoms with Crippen LogP contribution in [0.25, 0.3) is 0 Å². The minimum Gasteiger partial charge on any atom is -0.260 e. The number of rotatable bonds is 1. The summed E-state index contributed by atoms with van der Waals surface area (Å²) in [5.74, 6) is 0. The maximum atomic E-state index is 12.2. The molecule has 0 aliphatic carbocycles. The topological polar surface area (TPSA) is 17.8 Å². The van der Waals surface area contributed by atoms with Crippen molar-refractivity contribution < 1.29 is 13.2 Å². The standard InChI is InChI=1S/C6H6BrF3N2/c1-2-12-5(6(8,9)10)4(7)3-11-12/h3H,2H2,1H3. The predicted octanol–water partition coefficient (Wildman–Crippen LogP) is 2.68. The van der Waals surface area contributed by atoms with E-state index in [9.17, 15) is 13.2 Å². The molecular weight excluding hydrogens is 237 g/mol. The number of hydrogen-bond acceptors (Lipinski definition) is 1. The number of aromatic nitrogens is 2. The first-order valence-electron chi connectivity index (χ1n) is 3.25. The molecule has 2 nitrogen and oxygen atoms in total. The second kappa shape index (κ2) is 3.08. The smallest absolute Gasteiger partial charge is 0.260 e. The van der Waals surface area contributed by atoms with Crippen molar-refractivity contribution in [1.29, 1.82) is 0 Å². The van der Waals surface area contributed by atoms with E-state index in [1.54, 1.807) is 6.92 Å². The van der Waals surface area contributed by atoms with Gasteiger partial charge >= 0.3 is 6.18 Å². The fourth-order valence-corrected chi connectivity index (χ4v) is 1.41. The molecule has 0 amide bonds. The molecule has 1 rings (SSSR count). The number of alkyl halides is 3. The summed E-state index contributed by atoms with van der Waals surface area (Å²) in [6.45, 7) is 1.81. The molecule has 12 heavy (non-hydrogen) atoms. The van der Waals surface area contributed by atoms with E-state index in [0.717, 1.165) is 10.9 Å². The Labute approximate surface area is 75.5 Å². The molecular formula is C6H6BrF3N2. The molecule has 1 aromatic heterocycles. The van der Waals surface area contributed by atoms with Crippen molar-refractivity contribution in [2.45, 2.75) is 19.6 Å². The molecule has 0 unspecified atom stereocenters. The molecule has 0 saturated heterocycles. The van der Waals surface area contributed by atoms with E-state index in [1.165, 1.54) is 0 Å². The fraction of sp³-hybridized carbons (Fsp3) is 0.500. The van der Waals surface area contributed by atoms with Crippen molar-refractivity contribution in [2.75, 3.05) is 0 Å². The lowest BCUT2D eigenvalue weighted by Crippen LogP contribution is -2.14. The summed E-state index contributed by atoms with van der Waals surface area (Å²) in [5, 5.41) is 3.55. The molecule has 1 aromatic rings. The van der Waals surface area contributed by atoms with Gasteiger partial charge in [-0.1, -0.05) is 0 Å². The third kappa shape index (κ3) is 1.63. The van der Waals surface area contributed by atoms with Gasteiger partial charge in [-0.3, -0.25) is 4.68 Å².